The first kappa shape index (κ1) is 115. The van der Waals surface area contributed by atoms with E-state index in [2.05, 4.69) is 60.4 Å². The molecule has 0 radical (unpaired) electrons. The van der Waals surface area contributed by atoms with Crippen molar-refractivity contribution in [2.24, 2.45) is 11.3 Å². The van der Waals surface area contributed by atoms with E-state index in [4.69, 9.17) is 40.8 Å². The highest BCUT2D eigenvalue weighted by molar-refractivity contribution is 7.91. The van der Waals surface area contributed by atoms with Gasteiger partial charge in [0.2, 0.25) is 43.8 Å². The molecular weight excluding hydrogens is 1770 g/mol. The number of rotatable bonds is 34. The second-order valence-corrected chi connectivity index (χ2v) is 78.5. The molecule has 0 spiro atoms. The molecule has 2 aliphatic heterocycles. The number of amides is 10. The summed E-state index contributed by atoms with van der Waals surface area (Å²) in [6.45, 7) is 79.1. The number of nitrogens with zero attached hydrogens (tertiary/aromatic N) is 3. The fourth-order valence-corrected chi connectivity index (χ4v) is 22.3. The second-order valence-electron chi connectivity index (χ2n) is 47.8. The van der Waals surface area contributed by atoms with E-state index in [1.165, 1.54) is 9.80 Å². The average Bonchev–Trinajstić information content (AvgIpc) is 1.62. The van der Waals surface area contributed by atoms with Crippen LogP contribution in [0.25, 0.3) is 0 Å². The molecule has 5 N–H and O–H groups in total. The van der Waals surface area contributed by atoms with Crippen molar-refractivity contribution in [2.75, 3.05) is 31.1 Å². The van der Waals surface area contributed by atoms with Gasteiger partial charge in [0.1, 0.15) is 59.8 Å². The van der Waals surface area contributed by atoms with E-state index in [0.29, 0.717) is 21.8 Å². The van der Waals surface area contributed by atoms with Crippen LogP contribution in [-0.2, 0) is 92.8 Å². The van der Waals surface area contributed by atoms with Crippen LogP contribution in [0.4, 0.5) is 14.4 Å². The van der Waals surface area contributed by atoms with E-state index < -0.39 is 252 Å². The van der Waals surface area contributed by atoms with Gasteiger partial charge in [-0.25, -0.2) is 22.8 Å². The van der Waals surface area contributed by atoms with Crippen LogP contribution < -0.4 is 31.0 Å². The summed E-state index contributed by atoms with van der Waals surface area (Å²) < 4.78 is 88.7. The summed E-state index contributed by atoms with van der Waals surface area (Å²) in [4.78, 5) is 160. The molecule has 2 aliphatic rings. The van der Waals surface area contributed by atoms with Gasteiger partial charge in [-0.2, -0.15) is 4.90 Å². The number of nitrogens with one attached hydrogen (secondary N) is 5. The van der Waals surface area contributed by atoms with Gasteiger partial charge in [0.05, 0.1) is 42.0 Å². The number of hydrogen-bond acceptors (Lipinski definition) is 21. The third-order valence-electron chi connectivity index (χ3n) is 26.9. The minimum atomic E-state index is -4.43. The zero-order chi connectivity index (χ0) is 100. The molecule has 0 bridgehead atoms. The Morgan fingerprint density at radius 1 is 0.488 bits per heavy atom. The minimum absolute atomic E-state index is 0.0677. The van der Waals surface area contributed by atoms with E-state index in [1.54, 1.807) is 106 Å². The van der Waals surface area contributed by atoms with Crippen molar-refractivity contribution in [3.63, 3.8) is 0 Å². The van der Waals surface area contributed by atoms with Gasteiger partial charge in [-0.3, -0.25) is 33.6 Å². The third kappa shape index (κ3) is 32.3. The number of carbonyl (C=O) groups is 10. The number of hydrogen-bond donors (Lipinski definition) is 5. The number of imide groups is 3. The van der Waals surface area contributed by atoms with Gasteiger partial charge in [0.25, 0.3) is 5.91 Å². The lowest BCUT2D eigenvalue weighted by Crippen LogP contribution is -2.66. The normalized spacial score (nSPS) is 19.3. The summed E-state index contributed by atoms with van der Waals surface area (Å²) in [6.07, 6.45) is -9.48. The van der Waals surface area contributed by atoms with Gasteiger partial charge >= 0.3 is 18.3 Å². The molecule has 36 heteroatoms. The molecule has 736 valence electrons. The maximum absolute atomic E-state index is 17.2. The molecule has 10 amide bonds. The topological polar surface area (TPSA) is 358 Å². The summed E-state index contributed by atoms with van der Waals surface area (Å²) in [5.41, 5.74) is -2.41. The van der Waals surface area contributed by atoms with Crippen molar-refractivity contribution in [3.8, 4) is 5.75 Å². The molecule has 4 rings (SSSR count). The van der Waals surface area contributed by atoms with Crippen molar-refractivity contribution in [3.05, 3.63) is 65.7 Å². The maximum Gasteiger partial charge on any atom is 0.424 e. The zero-order valence-corrected chi connectivity index (χ0v) is 93.4. The van der Waals surface area contributed by atoms with Crippen LogP contribution >= 0.6 is 0 Å². The Hall–Kier alpha value is -6.21. The SMILES string of the molecule is CC1CN(C(=O)C(NC(=O)C(NC(=O)C2CC(O[Si](C)(C)C(C)(C)C)CN2C(=O)C(NC(=O)C(CS(=O)(=O)CCNC(=O)OCc2ccccc2)NC(=O)OC(C)(C)C)C(C)O[Si](C)(C)C(C)(C)C)C(Cc2ccc(O[Si](C)(C)C(C)(C)C)cc2)O[Si](C)(C)C(C)(C)C)C(C)O[Si](C)(C)C(C)(C)C)C(C(=O)N(C(=O)OC(C)(C)C)C(=O)C(C)(C)C)C1O[Si](C)(C)C(C)(C)C. The Kier molecular flexibility index (Phi) is 37.8. The van der Waals surface area contributed by atoms with E-state index in [1.807, 2.05) is 201 Å². The molecule has 2 aromatic rings. The van der Waals surface area contributed by atoms with Crippen LogP contribution in [0.5, 0.6) is 5.75 Å². The number of ether oxygens (including phenoxy) is 3. The highest BCUT2D eigenvalue weighted by Gasteiger charge is 2.58. The Bertz CT molecular complexity index is 4340. The van der Waals surface area contributed by atoms with E-state index >= 15 is 28.8 Å². The maximum atomic E-state index is 17.2. The molecule has 12 unspecified atom stereocenters. The van der Waals surface area contributed by atoms with Crippen molar-refractivity contribution in [1.29, 1.82) is 0 Å². The molecule has 29 nitrogen and oxygen atoms in total. The number of carbonyl (C=O) groups excluding carboxylic acids is 10. The molecule has 2 fully saturated rings. The van der Waals surface area contributed by atoms with E-state index in [-0.39, 0.29) is 37.6 Å². The van der Waals surface area contributed by atoms with Crippen LogP contribution in [0.1, 0.15) is 225 Å². The first-order valence-electron chi connectivity index (χ1n) is 45.7. The summed E-state index contributed by atoms with van der Waals surface area (Å²) in [6, 6.07) is 5.71. The molecule has 2 heterocycles. The summed E-state index contributed by atoms with van der Waals surface area (Å²) in [5.74, 6) is -8.61. The lowest BCUT2D eigenvalue weighted by molar-refractivity contribution is -0.156. The first-order chi connectivity index (χ1) is 57.7. The second kappa shape index (κ2) is 42.4. The Morgan fingerprint density at radius 2 is 0.930 bits per heavy atom. The van der Waals surface area contributed by atoms with Crippen LogP contribution in [0.15, 0.2) is 54.6 Å². The number of benzene rings is 2. The quantitative estimate of drug-likeness (QED) is 0.0321. The lowest BCUT2D eigenvalue weighted by atomic mass is 9.94. The van der Waals surface area contributed by atoms with Crippen molar-refractivity contribution >= 4 is 119 Å². The predicted octanol–water partition coefficient (Wildman–Crippen LogP) is 17.1. The monoisotopic (exact) mass is 1930 g/mol. The van der Waals surface area contributed by atoms with Gasteiger partial charge in [-0.15, -0.1) is 0 Å². The smallest absolute Gasteiger partial charge is 0.424 e. The molecule has 12 atom stereocenters. The van der Waals surface area contributed by atoms with Crippen molar-refractivity contribution < 1.29 is 97.1 Å². The largest absolute Gasteiger partial charge is 0.544 e. The van der Waals surface area contributed by atoms with Gasteiger partial charge in [0, 0.05) is 37.4 Å². The van der Waals surface area contributed by atoms with Gasteiger partial charge < -0.3 is 77.2 Å². The standard InChI is InChI=1S/C93H168N8O21SSi6/c1-60-56-100(73(74(60)122-129(41,42)93(28,29)30)80(107)101(81(108)85(4,5)6)84(111)116-87(10,11)12)79(106)71(62(3)118-125(33,34)89(16,17)18)97-77(104)72(69(121-128(39,40)92(25,26)27)54-63-48-50-65(51-49-63)119-126(35,36)90(19,20)21)98-76(103)68-55-66(120-127(37,38)91(22,23)24)57-99(68)78(105)70(61(2)117-124(31,32)88(13,14)15)96-75(102)67(95-83(110)115-86(7,8)9)59-123(112,113)53-52-94-82(109)114-58-64-46-44-43-45-47-64/h43-51,60-62,66-74H,52-59H2,1-42H3,(H,94,109)(H,95,110)(H,96,102)(H,97,104)(H,98,103). The lowest BCUT2D eigenvalue weighted by Gasteiger charge is -2.43. The zero-order valence-electron chi connectivity index (χ0n) is 86.6. The van der Waals surface area contributed by atoms with E-state index in [0.717, 1.165) is 0 Å². The highest BCUT2D eigenvalue weighted by Crippen LogP contribution is 2.46. The molecule has 2 aromatic carbocycles. The van der Waals surface area contributed by atoms with Gasteiger partial charge in [0.15, 0.2) is 51.4 Å². The average molecular weight is 1930 g/mol. The van der Waals surface area contributed by atoms with Gasteiger partial charge in [-0.1, -0.05) is 195 Å². The van der Waals surface area contributed by atoms with Gasteiger partial charge in [-0.05, 0) is 194 Å². The molecule has 0 saturated carbocycles. The number of likely N-dealkylation sites (tertiary alicyclic amines) is 2. The van der Waals surface area contributed by atoms with Crippen molar-refractivity contribution in [1.82, 2.24) is 41.3 Å². The minimum Gasteiger partial charge on any atom is -0.544 e. The van der Waals surface area contributed by atoms with E-state index in [9.17, 15) is 27.6 Å². The Labute approximate surface area is 780 Å². The fraction of sp³-hybridized carbons (Fsp3) is 0.763. The number of alkyl carbamates (subject to hydrolysis) is 2. The molecule has 0 aromatic heterocycles. The number of sulfone groups is 1. The molecule has 0 aliphatic carbocycles. The summed E-state index contributed by atoms with van der Waals surface area (Å²) in [7, 11) is -21.9. The molecule has 129 heavy (non-hydrogen) atoms. The predicted molar refractivity (Wildman–Crippen MR) is 524 cm³/mol. The van der Waals surface area contributed by atoms with Crippen LogP contribution in [0.3, 0.4) is 0 Å². The molecular formula is C93H168N8O21SSi6. The first-order valence-corrected chi connectivity index (χ1v) is 64.9. The molecule has 2 saturated heterocycles. The summed E-state index contributed by atoms with van der Waals surface area (Å²) in [5, 5.41) is 11.3. The van der Waals surface area contributed by atoms with Crippen LogP contribution in [-0.4, -0.2) is 242 Å². The third-order valence-corrected chi connectivity index (χ3v) is 55.6. The fourth-order valence-electron chi connectivity index (χ4n) is 13.1. The van der Waals surface area contributed by atoms with Crippen molar-refractivity contribution in [2.45, 2.75) is 414 Å². The Morgan fingerprint density at radius 3 is 1.38 bits per heavy atom. The summed E-state index contributed by atoms with van der Waals surface area (Å²) >= 11 is 0. The highest BCUT2D eigenvalue weighted by atomic mass is 32.2. The Balaban J connectivity index is 2.22. The van der Waals surface area contributed by atoms with Crippen LogP contribution in [0, 0.1) is 11.3 Å². The van der Waals surface area contributed by atoms with Crippen LogP contribution in [0.2, 0.25) is 109 Å².